The van der Waals surface area contributed by atoms with E-state index in [1.165, 1.54) is 0 Å². The number of aliphatic hydroxyl groups excluding tert-OH is 4. The van der Waals surface area contributed by atoms with E-state index in [9.17, 15) is 10.2 Å². The highest BCUT2D eigenvalue weighted by Crippen LogP contribution is 2.16. The normalized spacial score (nSPS) is 42.0. The van der Waals surface area contributed by atoms with E-state index in [4.69, 9.17) is 10.2 Å². The molecule has 5 heteroatoms. The lowest BCUT2D eigenvalue weighted by Gasteiger charge is -2.13. The van der Waals surface area contributed by atoms with E-state index in [0.717, 1.165) is 0 Å². The van der Waals surface area contributed by atoms with Gasteiger partial charge in [-0.3, -0.25) is 0 Å². The molecule has 1 rings (SSSR count). The van der Waals surface area contributed by atoms with Crippen molar-refractivity contribution in [1.82, 2.24) is 5.32 Å². The highest BCUT2D eigenvalue weighted by atomic mass is 16.3. The molecule has 0 aliphatic carbocycles. The van der Waals surface area contributed by atoms with Gasteiger partial charge in [0.05, 0.1) is 24.9 Å². The van der Waals surface area contributed by atoms with Gasteiger partial charge in [0.25, 0.3) is 0 Å². The van der Waals surface area contributed by atoms with Crippen molar-refractivity contribution in [2.45, 2.75) is 30.7 Å². The Morgan fingerprint density at radius 3 is 2.00 bits per heavy atom. The average molecular weight is 177 g/mol. The lowest BCUT2D eigenvalue weighted by atomic mass is 10.1. The van der Waals surface area contributed by atoms with Crippen LogP contribution in [-0.4, -0.2) is 57.9 Å². The predicted molar refractivity (Wildman–Crippen MR) is 41.5 cm³/mol. The minimum Gasteiger partial charge on any atom is -0.396 e. The van der Waals surface area contributed by atoms with Gasteiger partial charge in [-0.1, -0.05) is 0 Å². The first-order valence-electron chi connectivity index (χ1n) is 4.04. The molecule has 1 aliphatic heterocycles. The second-order valence-electron chi connectivity index (χ2n) is 3.06. The molecule has 0 spiro atoms. The van der Waals surface area contributed by atoms with Gasteiger partial charge in [-0.25, -0.2) is 0 Å². The lowest BCUT2D eigenvalue weighted by molar-refractivity contribution is 0.0172. The maximum absolute atomic E-state index is 9.36. The molecule has 0 aromatic carbocycles. The van der Waals surface area contributed by atoms with E-state index in [1.54, 1.807) is 0 Å². The minimum absolute atomic E-state index is 0.0421. The molecule has 5 N–H and O–H groups in total. The average Bonchev–Trinajstić information content (AvgIpc) is 2.33. The van der Waals surface area contributed by atoms with Crippen molar-refractivity contribution in [2.24, 2.45) is 0 Å². The van der Waals surface area contributed by atoms with E-state index in [0.29, 0.717) is 6.42 Å². The third-order valence-electron chi connectivity index (χ3n) is 2.24. The highest BCUT2D eigenvalue weighted by Gasteiger charge is 2.39. The van der Waals surface area contributed by atoms with E-state index >= 15 is 0 Å². The molecular weight excluding hydrogens is 162 g/mol. The van der Waals surface area contributed by atoms with Crippen molar-refractivity contribution in [3.8, 4) is 0 Å². The summed E-state index contributed by atoms with van der Waals surface area (Å²) in [6.45, 7) is -0.250. The van der Waals surface area contributed by atoms with Gasteiger partial charge >= 0.3 is 0 Å². The topological polar surface area (TPSA) is 93.0 Å². The van der Waals surface area contributed by atoms with Gasteiger partial charge < -0.3 is 25.7 Å². The molecular formula is C7H15NO4. The molecule has 12 heavy (non-hydrogen) atoms. The third kappa shape index (κ3) is 1.75. The van der Waals surface area contributed by atoms with Gasteiger partial charge in [0.1, 0.15) is 0 Å². The molecule has 1 heterocycles. The summed E-state index contributed by atoms with van der Waals surface area (Å²) in [5, 5.41) is 38.8. The zero-order valence-electron chi connectivity index (χ0n) is 6.72. The first kappa shape index (κ1) is 9.88. The van der Waals surface area contributed by atoms with Crippen LogP contribution in [0.15, 0.2) is 0 Å². The van der Waals surface area contributed by atoms with E-state index < -0.39 is 18.2 Å². The van der Waals surface area contributed by atoms with E-state index in [-0.39, 0.29) is 19.3 Å². The van der Waals surface area contributed by atoms with Gasteiger partial charge in [-0.05, 0) is 6.42 Å². The summed E-state index contributed by atoms with van der Waals surface area (Å²) in [6.07, 6.45) is -1.45. The summed E-state index contributed by atoms with van der Waals surface area (Å²) >= 11 is 0. The van der Waals surface area contributed by atoms with Gasteiger partial charge in [0.15, 0.2) is 0 Å². The first-order valence-corrected chi connectivity index (χ1v) is 4.04. The monoisotopic (exact) mass is 177 g/mol. The SMILES string of the molecule is OCCC1N[C@H](CO)[C@@H](O)[C@@H]1O. The van der Waals surface area contributed by atoms with Crippen LogP contribution in [0.3, 0.4) is 0 Å². The molecule has 1 unspecified atom stereocenters. The van der Waals surface area contributed by atoms with Crippen molar-refractivity contribution in [1.29, 1.82) is 0 Å². The van der Waals surface area contributed by atoms with Gasteiger partial charge in [-0.2, -0.15) is 0 Å². The van der Waals surface area contributed by atoms with Crippen LogP contribution >= 0.6 is 0 Å². The Labute approximate surface area is 70.6 Å². The summed E-state index contributed by atoms with van der Waals surface area (Å²) in [5.74, 6) is 0. The maximum Gasteiger partial charge on any atom is 0.0989 e. The lowest BCUT2D eigenvalue weighted by Crippen LogP contribution is -2.36. The molecule has 0 saturated carbocycles. The summed E-state index contributed by atoms with van der Waals surface area (Å²) < 4.78 is 0. The number of nitrogens with one attached hydrogen (secondary N) is 1. The smallest absolute Gasteiger partial charge is 0.0989 e. The second-order valence-corrected chi connectivity index (χ2v) is 3.06. The summed E-state index contributed by atoms with van der Waals surface area (Å²) in [4.78, 5) is 0. The molecule has 0 aromatic rings. The number of hydrogen-bond donors (Lipinski definition) is 5. The number of hydrogen-bond acceptors (Lipinski definition) is 5. The maximum atomic E-state index is 9.36. The molecule has 72 valence electrons. The van der Waals surface area contributed by atoms with Crippen molar-refractivity contribution >= 4 is 0 Å². The zero-order valence-corrected chi connectivity index (χ0v) is 6.72. The molecule has 1 aliphatic rings. The molecule has 0 radical (unpaired) electrons. The van der Waals surface area contributed by atoms with Crippen LogP contribution in [0.5, 0.6) is 0 Å². The van der Waals surface area contributed by atoms with Crippen molar-refractivity contribution in [3.63, 3.8) is 0 Å². The Morgan fingerprint density at radius 2 is 1.58 bits per heavy atom. The predicted octanol–water partition coefficient (Wildman–Crippen LogP) is -2.58. The van der Waals surface area contributed by atoms with Crippen LogP contribution in [0.25, 0.3) is 0 Å². The van der Waals surface area contributed by atoms with E-state index in [2.05, 4.69) is 5.32 Å². The first-order chi connectivity index (χ1) is 5.70. The Balaban J connectivity index is 2.48. The van der Waals surface area contributed by atoms with Crippen LogP contribution in [0.2, 0.25) is 0 Å². The highest BCUT2D eigenvalue weighted by molar-refractivity contribution is 4.97. The Bertz CT molecular complexity index is 143. The molecule has 4 atom stereocenters. The Morgan fingerprint density at radius 1 is 1.00 bits per heavy atom. The number of aliphatic hydroxyl groups is 4. The van der Waals surface area contributed by atoms with Crippen LogP contribution in [0.1, 0.15) is 6.42 Å². The fourth-order valence-corrected chi connectivity index (χ4v) is 1.50. The summed E-state index contributed by atoms with van der Waals surface area (Å²) in [7, 11) is 0. The number of rotatable bonds is 3. The molecule has 1 fully saturated rings. The minimum atomic E-state index is -0.938. The van der Waals surface area contributed by atoms with Crippen molar-refractivity contribution in [3.05, 3.63) is 0 Å². The van der Waals surface area contributed by atoms with E-state index in [1.807, 2.05) is 0 Å². The quantitative estimate of drug-likeness (QED) is 0.326. The molecule has 0 aromatic heterocycles. The van der Waals surface area contributed by atoms with Crippen LogP contribution in [0, 0.1) is 0 Å². The van der Waals surface area contributed by atoms with Crippen molar-refractivity contribution < 1.29 is 20.4 Å². The van der Waals surface area contributed by atoms with Crippen molar-refractivity contribution in [2.75, 3.05) is 13.2 Å². The summed E-state index contributed by atoms with van der Waals surface area (Å²) in [5.41, 5.74) is 0. The second kappa shape index (κ2) is 4.15. The van der Waals surface area contributed by atoms with Crippen LogP contribution in [-0.2, 0) is 0 Å². The molecule has 0 bridgehead atoms. The molecule has 0 amide bonds. The third-order valence-corrected chi connectivity index (χ3v) is 2.24. The molecule has 1 saturated heterocycles. The van der Waals surface area contributed by atoms with Crippen LogP contribution < -0.4 is 5.32 Å². The zero-order chi connectivity index (χ0) is 9.14. The van der Waals surface area contributed by atoms with Gasteiger partial charge in [0.2, 0.25) is 0 Å². The Hall–Kier alpha value is -0.200. The standard InChI is InChI=1S/C7H15NO4/c9-2-1-4-6(11)7(12)5(3-10)8-4/h4-12H,1-3H2/t4?,5-,6-,7-/m1/s1. The van der Waals surface area contributed by atoms with Crippen LogP contribution in [0.4, 0.5) is 0 Å². The fraction of sp³-hybridized carbons (Fsp3) is 1.00. The molecule has 5 nitrogen and oxygen atoms in total. The fourth-order valence-electron chi connectivity index (χ4n) is 1.50. The summed E-state index contributed by atoms with van der Waals surface area (Å²) in [6, 6.07) is -0.793. The largest absolute Gasteiger partial charge is 0.396 e. The van der Waals surface area contributed by atoms with Gasteiger partial charge in [-0.15, -0.1) is 0 Å². The van der Waals surface area contributed by atoms with Gasteiger partial charge in [0, 0.05) is 12.6 Å². The Kier molecular flexibility index (Phi) is 3.42.